The molecular formula is C21H28ClN3O3. The number of aromatic amines is 1. The van der Waals surface area contributed by atoms with Gasteiger partial charge in [-0.15, -0.1) is 0 Å². The van der Waals surface area contributed by atoms with Crippen LogP contribution in [0.3, 0.4) is 0 Å². The molecule has 1 saturated heterocycles. The molecular weight excluding hydrogens is 378 g/mol. The van der Waals surface area contributed by atoms with E-state index in [0.29, 0.717) is 42.9 Å². The highest BCUT2D eigenvalue weighted by molar-refractivity contribution is 6.31. The first kappa shape index (κ1) is 20.7. The maximum atomic E-state index is 12.8. The highest BCUT2D eigenvalue weighted by Gasteiger charge is 2.30. The van der Waals surface area contributed by atoms with Crippen molar-refractivity contribution in [2.24, 2.45) is 11.8 Å². The largest absolute Gasteiger partial charge is 0.385 e. The van der Waals surface area contributed by atoms with Gasteiger partial charge in [0, 0.05) is 55.2 Å². The van der Waals surface area contributed by atoms with E-state index in [1.807, 2.05) is 36.1 Å². The van der Waals surface area contributed by atoms with Crippen molar-refractivity contribution in [3.8, 4) is 0 Å². The zero-order valence-electron chi connectivity index (χ0n) is 16.5. The number of hydrogen-bond acceptors (Lipinski definition) is 3. The molecule has 2 aromatic rings. The molecule has 0 spiro atoms. The number of fused-ring (bicyclic) bond motifs is 1. The highest BCUT2D eigenvalue weighted by atomic mass is 35.5. The number of carbonyl (C=O) groups excluding carboxylic acids is 2. The van der Waals surface area contributed by atoms with Crippen LogP contribution in [0.5, 0.6) is 0 Å². The van der Waals surface area contributed by atoms with Crippen molar-refractivity contribution in [1.29, 1.82) is 0 Å². The van der Waals surface area contributed by atoms with E-state index in [-0.39, 0.29) is 17.7 Å². The Hall–Kier alpha value is -2.05. The first-order valence-electron chi connectivity index (χ1n) is 9.84. The second-order valence-corrected chi connectivity index (χ2v) is 7.91. The van der Waals surface area contributed by atoms with Gasteiger partial charge in [-0.2, -0.15) is 0 Å². The fraction of sp³-hybridized carbons (Fsp3) is 0.524. The molecule has 1 aromatic carbocycles. The van der Waals surface area contributed by atoms with Crippen molar-refractivity contribution in [3.63, 3.8) is 0 Å². The molecule has 2 N–H and O–H groups in total. The number of rotatable bonds is 7. The molecule has 3 rings (SSSR count). The Morgan fingerprint density at radius 2 is 2.07 bits per heavy atom. The molecule has 1 aliphatic heterocycles. The Morgan fingerprint density at radius 1 is 1.32 bits per heavy atom. The molecule has 1 aliphatic rings. The van der Waals surface area contributed by atoms with Gasteiger partial charge >= 0.3 is 0 Å². The molecule has 28 heavy (non-hydrogen) atoms. The number of nitrogens with zero attached hydrogens (tertiary/aromatic N) is 1. The lowest BCUT2D eigenvalue weighted by Gasteiger charge is -2.34. The lowest BCUT2D eigenvalue weighted by Crippen LogP contribution is -2.43. The fourth-order valence-corrected chi connectivity index (χ4v) is 3.98. The third-order valence-electron chi connectivity index (χ3n) is 5.59. The minimum absolute atomic E-state index is 0.00226. The number of methoxy groups -OCH3 is 1. The van der Waals surface area contributed by atoms with E-state index in [1.165, 1.54) is 0 Å². The minimum atomic E-state index is -0.0463. The van der Waals surface area contributed by atoms with Crippen molar-refractivity contribution in [1.82, 2.24) is 15.2 Å². The van der Waals surface area contributed by atoms with Gasteiger partial charge < -0.3 is 19.9 Å². The van der Waals surface area contributed by atoms with Crippen molar-refractivity contribution in [3.05, 3.63) is 35.0 Å². The summed E-state index contributed by atoms with van der Waals surface area (Å²) in [5.74, 6) is 0.346. The molecule has 0 radical (unpaired) electrons. The number of benzene rings is 1. The third kappa shape index (κ3) is 4.86. The van der Waals surface area contributed by atoms with Crippen molar-refractivity contribution < 1.29 is 14.3 Å². The quantitative estimate of drug-likeness (QED) is 0.692. The van der Waals surface area contributed by atoms with Crippen molar-refractivity contribution in [2.45, 2.75) is 26.2 Å². The number of likely N-dealkylation sites (tertiary alicyclic amines) is 1. The maximum Gasteiger partial charge on any atom is 0.270 e. The molecule has 6 nitrogen and oxygen atoms in total. The summed E-state index contributed by atoms with van der Waals surface area (Å²) in [6.45, 7) is 4.60. The van der Waals surface area contributed by atoms with Crippen LogP contribution in [0.2, 0.25) is 5.02 Å². The lowest BCUT2D eigenvalue weighted by molar-refractivity contribution is -0.126. The van der Waals surface area contributed by atoms with E-state index in [4.69, 9.17) is 16.3 Å². The van der Waals surface area contributed by atoms with Crippen molar-refractivity contribution >= 4 is 34.3 Å². The normalized spacial score (nSPS) is 16.3. The number of halogens is 1. The van der Waals surface area contributed by atoms with E-state index >= 15 is 0 Å². The zero-order chi connectivity index (χ0) is 20.1. The van der Waals surface area contributed by atoms with Gasteiger partial charge in [0.25, 0.3) is 5.91 Å². The molecule has 1 atom stereocenters. The van der Waals surface area contributed by atoms with Crippen LogP contribution in [0.1, 0.15) is 36.7 Å². The number of aromatic nitrogens is 1. The first-order valence-corrected chi connectivity index (χ1v) is 10.2. The minimum Gasteiger partial charge on any atom is -0.385 e. The third-order valence-corrected chi connectivity index (χ3v) is 5.82. The Bertz CT molecular complexity index is 827. The topological polar surface area (TPSA) is 74.4 Å². The van der Waals surface area contributed by atoms with Gasteiger partial charge in [0.15, 0.2) is 0 Å². The number of ether oxygens (including phenoxy) is 1. The van der Waals surface area contributed by atoms with E-state index in [2.05, 4.69) is 10.3 Å². The number of piperidine rings is 1. The Morgan fingerprint density at radius 3 is 2.79 bits per heavy atom. The van der Waals surface area contributed by atoms with Crippen LogP contribution in [0.15, 0.2) is 24.3 Å². The van der Waals surface area contributed by atoms with Crippen LogP contribution in [0, 0.1) is 11.8 Å². The maximum absolute atomic E-state index is 12.8. The lowest BCUT2D eigenvalue weighted by atomic mass is 9.84. The van der Waals surface area contributed by atoms with E-state index < -0.39 is 0 Å². The summed E-state index contributed by atoms with van der Waals surface area (Å²) < 4.78 is 5.00. The Kier molecular flexibility index (Phi) is 6.97. The molecule has 0 saturated carbocycles. The molecule has 1 aromatic heterocycles. The number of H-pyrrole nitrogens is 1. The van der Waals surface area contributed by atoms with E-state index in [0.717, 1.165) is 30.2 Å². The monoisotopic (exact) mass is 405 g/mol. The SMILES string of the molecule is COCCCNC(=O)[C@H](C)C1CCN(C(=O)c2cc3cc(Cl)ccc3[nH]2)CC1. The number of hydrogen-bond donors (Lipinski definition) is 2. The molecule has 0 aliphatic carbocycles. The van der Waals surface area contributed by atoms with Crippen molar-refractivity contribution in [2.75, 3.05) is 33.4 Å². The second kappa shape index (κ2) is 9.43. The summed E-state index contributed by atoms with van der Waals surface area (Å²) in [6.07, 6.45) is 2.49. The van der Waals surface area contributed by atoms with Crippen LogP contribution in [-0.4, -0.2) is 55.0 Å². The average molecular weight is 406 g/mol. The molecule has 1 fully saturated rings. The molecule has 152 valence electrons. The van der Waals surface area contributed by atoms with Crippen LogP contribution in [0.4, 0.5) is 0 Å². The molecule has 0 unspecified atom stereocenters. The van der Waals surface area contributed by atoms with Gasteiger partial charge in [0.05, 0.1) is 0 Å². The zero-order valence-corrected chi connectivity index (χ0v) is 17.2. The summed E-state index contributed by atoms with van der Waals surface area (Å²) in [7, 11) is 1.66. The van der Waals surface area contributed by atoms with Gasteiger partial charge in [-0.3, -0.25) is 9.59 Å². The standard InChI is InChI=1S/C21H28ClN3O3/c1-14(20(26)23-8-3-11-28-2)15-6-9-25(10-7-15)21(27)19-13-16-12-17(22)4-5-18(16)24-19/h4-5,12-15,24H,3,6-11H2,1-2H3,(H,23,26)/t14-/m1/s1. The van der Waals surface area contributed by atoms with E-state index in [1.54, 1.807) is 7.11 Å². The number of nitrogens with one attached hydrogen (secondary N) is 2. The van der Waals surface area contributed by atoms with E-state index in [9.17, 15) is 9.59 Å². The van der Waals surface area contributed by atoms with Crippen LogP contribution in [0.25, 0.3) is 10.9 Å². The fourth-order valence-electron chi connectivity index (χ4n) is 3.79. The predicted octanol–water partition coefficient (Wildman–Crippen LogP) is 3.46. The average Bonchev–Trinajstić information content (AvgIpc) is 3.13. The van der Waals surface area contributed by atoms with Gasteiger partial charge in [-0.05, 0) is 49.4 Å². The van der Waals surface area contributed by atoms with Crippen LogP contribution in [-0.2, 0) is 9.53 Å². The predicted molar refractivity (Wildman–Crippen MR) is 111 cm³/mol. The Balaban J connectivity index is 1.52. The molecule has 0 bridgehead atoms. The summed E-state index contributed by atoms with van der Waals surface area (Å²) >= 11 is 6.03. The summed E-state index contributed by atoms with van der Waals surface area (Å²) in [4.78, 5) is 30.2. The van der Waals surface area contributed by atoms with Gasteiger partial charge in [0.1, 0.15) is 5.69 Å². The second-order valence-electron chi connectivity index (χ2n) is 7.47. The smallest absolute Gasteiger partial charge is 0.270 e. The van der Waals surface area contributed by atoms with Gasteiger partial charge in [-0.1, -0.05) is 18.5 Å². The molecule has 2 amide bonds. The number of amides is 2. The summed E-state index contributed by atoms with van der Waals surface area (Å²) in [5.41, 5.74) is 1.49. The molecule has 2 heterocycles. The number of carbonyl (C=O) groups is 2. The van der Waals surface area contributed by atoms with Crippen LogP contribution >= 0.6 is 11.6 Å². The Labute approximate surface area is 170 Å². The van der Waals surface area contributed by atoms with Gasteiger partial charge in [-0.25, -0.2) is 0 Å². The van der Waals surface area contributed by atoms with Gasteiger partial charge in [0.2, 0.25) is 5.91 Å². The molecule has 7 heteroatoms. The summed E-state index contributed by atoms with van der Waals surface area (Å²) in [6, 6.07) is 7.39. The first-order chi connectivity index (χ1) is 13.5. The van der Waals surface area contributed by atoms with Crippen LogP contribution < -0.4 is 5.32 Å². The summed E-state index contributed by atoms with van der Waals surface area (Å²) in [5, 5.41) is 4.57. The highest BCUT2D eigenvalue weighted by Crippen LogP contribution is 2.27.